The van der Waals surface area contributed by atoms with E-state index in [9.17, 15) is 13.6 Å². The minimum Gasteiger partial charge on any atom is -0.490 e. The van der Waals surface area contributed by atoms with Crippen LogP contribution in [0, 0.1) is 6.08 Å². The number of allylic oxidation sites excluding steroid dienone is 1. The number of carbonyl (C=O) groups excluding carboxylic acids is 1. The second-order valence-electron chi connectivity index (χ2n) is 4.66. The van der Waals surface area contributed by atoms with E-state index < -0.39 is 13.0 Å². The van der Waals surface area contributed by atoms with Crippen molar-refractivity contribution < 1.29 is 51.0 Å². The summed E-state index contributed by atoms with van der Waals surface area (Å²) in [7, 11) is 0. The minimum atomic E-state index is -2.59. The largest absolute Gasteiger partial charge is 0.490 e. The third-order valence-electron chi connectivity index (χ3n) is 3.09. The van der Waals surface area contributed by atoms with Gasteiger partial charge in [0.1, 0.15) is 12.4 Å². The standard InChI is InChI=1S/C16H15BrF2NO2.Y/c1-2-8-22-11-6-7-12(13(17)9-11)14-4-3-5-16(21)20(14)10-15(18)19;/h2,6-7,9,15H,1,3,5,8,10H2;/q-1;. The van der Waals surface area contributed by atoms with Gasteiger partial charge in [-0.2, -0.15) is 0 Å². The molecule has 0 aliphatic carbocycles. The molecule has 0 atom stereocenters. The van der Waals surface area contributed by atoms with Gasteiger partial charge in [-0.1, -0.05) is 33.1 Å². The number of halogens is 3. The van der Waals surface area contributed by atoms with Crippen LogP contribution in [0.25, 0.3) is 5.70 Å². The Bertz CT molecular complexity index is 608. The Labute approximate surface area is 167 Å². The number of amides is 1. The molecule has 0 spiro atoms. The van der Waals surface area contributed by atoms with E-state index >= 15 is 0 Å². The second kappa shape index (κ2) is 9.65. The van der Waals surface area contributed by atoms with Gasteiger partial charge in [-0.3, -0.25) is 4.79 Å². The molecule has 3 nitrogen and oxygen atoms in total. The smallest absolute Gasteiger partial charge is 0.256 e. The molecule has 23 heavy (non-hydrogen) atoms. The van der Waals surface area contributed by atoms with Crippen molar-refractivity contribution in [2.24, 2.45) is 0 Å². The fourth-order valence-electron chi connectivity index (χ4n) is 2.15. The van der Waals surface area contributed by atoms with E-state index in [0.29, 0.717) is 34.5 Å². The van der Waals surface area contributed by atoms with Crippen molar-refractivity contribution in [1.29, 1.82) is 0 Å². The first-order chi connectivity index (χ1) is 10.5. The molecule has 0 unspecified atom stereocenters. The van der Waals surface area contributed by atoms with Crippen molar-refractivity contribution in [3.63, 3.8) is 0 Å². The first kappa shape index (κ1) is 20.5. The van der Waals surface area contributed by atoms with E-state index in [1.165, 1.54) is 0 Å². The molecule has 1 aromatic carbocycles. The Kier molecular flexibility index (Phi) is 8.58. The zero-order valence-electron chi connectivity index (χ0n) is 12.4. The average molecular weight is 460 g/mol. The van der Waals surface area contributed by atoms with Crippen molar-refractivity contribution in [1.82, 2.24) is 4.90 Å². The summed E-state index contributed by atoms with van der Waals surface area (Å²) in [4.78, 5) is 13.0. The summed E-state index contributed by atoms with van der Waals surface area (Å²) in [5.41, 5.74) is 1.03. The number of carbonyl (C=O) groups is 1. The van der Waals surface area contributed by atoms with Crippen LogP contribution in [0.2, 0.25) is 0 Å². The van der Waals surface area contributed by atoms with Crippen LogP contribution in [0.3, 0.4) is 0 Å². The van der Waals surface area contributed by atoms with Crippen molar-refractivity contribution in [3.8, 4) is 5.75 Å². The number of hydrogen-bond acceptors (Lipinski definition) is 2. The monoisotopic (exact) mass is 459 g/mol. The zero-order valence-corrected chi connectivity index (χ0v) is 16.8. The van der Waals surface area contributed by atoms with Crippen LogP contribution in [0.1, 0.15) is 18.4 Å². The van der Waals surface area contributed by atoms with E-state index in [1.54, 1.807) is 24.3 Å². The molecule has 1 aliphatic heterocycles. The Hall–Kier alpha value is -0.586. The number of alkyl halides is 2. The molecule has 1 heterocycles. The predicted octanol–water partition coefficient (Wildman–Crippen LogP) is 4.04. The predicted molar refractivity (Wildman–Crippen MR) is 83.4 cm³/mol. The van der Waals surface area contributed by atoms with Gasteiger partial charge < -0.3 is 9.64 Å². The van der Waals surface area contributed by atoms with Crippen LogP contribution in [0.4, 0.5) is 8.78 Å². The Morgan fingerprint density at radius 2 is 2.22 bits per heavy atom. The molecule has 2 rings (SSSR count). The number of hydrogen-bond donors (Lipinski definition) is 0. The molecule has 1 aliphatic rings. The van der Waals surface area contributed by atoms with Crippen molar-refractivity contribution in [3.05, 3.63) is 47.0 Å². The topological polar surface area (TPSA) is 29.5 Å². The van der Waals surface area contributed by atoms with Crippen LogP contribution < -0.4 is 4.74 Å². The summed E-state index contributed by atoms with van der Waals surface area (Å²) in [6, 6.07) is 5.17. The van der Waals surface area contributed by atoms with E-state index in [-0.39, 0.29) is 45.0 Å². The SMILES string of the molecule is C=CCOc1ccc(C2=[C-]CCC(=O)N2CC(F)F)c(Br)c1.[Y]. The van der Waals surface area contributed by atoms with Gasteiger partial charge in [-0.05, 0) is 12.1 Å². The Balaban J connectivity index is 0.00000264. The number of nitrogens with zero attached hydrogens (tertiary/aromatic N) is 1. The summed E-state index contributed by atoms with van der Waals surface area (Å²) in [6.07, 6.45) is 2.69. The van der Waals surface area contributed by atoms with Crippen molar-refractivity contribution >= 4 is 27.5 Å². The van der Waals surface area contributed by atoms with Crippen molar-refractivity contribution in [2.45, 2.75) is 19.3 Å². The average Bonchev–Trinajstić information content (AvgIpc) is 2.47. The normalized spacial score (nSPS) is 14.3. The third kappa shape index (κ3) is 5.47. The van der Waals surface area contributed by atoms with E-state index in [4.69, 9.17) is 4.74 Å². The van der Waals surface area contributed by atoms with Gasteiger partial charge in [0.25, 0.3) is 6.43 Å². The van der Waals surface area contributed by atoms with Crippen LogP contribution >= 0.6 is 15.9 Å². The second-order valence-corrected chi connectivity index (χ2v) is 5.52. The first-order valence-electron chi connectivity index (χ1n) is 6.76. The van der Waals surface area contributed by atoms with Gasteiger partial charge in [-0.25, -0.2) is 14.9 Å². The van der Waals surface area contributed by atoms with E-state index in [1.807, 2.05) is 0 Å². The quantitative estimate of drug-likeness (QED) is 0.474. The summed E-state index contributed by atoms with van der Waals surface area (Å²) in [5, 5.41) is 0. The molecule has 0 fully saturated rings. The number of ether oxygens (including phenoxy) is 1. The summed E-state index contributed by atoms with van der Waals surface area (Å²) < 4.78 is 31.5. The fourth-order valence-corrected chi connectivity index (χ4v) is 2.69. The molecule has 1 aromatic rings. The van der Waals surface area contributed by atoms with Crippen molar-refractivity contribution in [2.75, 3.05) is 13.2 Å². The van der Waals surface area contributed by atoms with Gasteiger partial charge in [0.15, 0.2) is 0 Å². The molecule has 0 N–H and O–H groups in total. The fraction of sp³-hybridized carbons (Fsp3) is 0.312. The Morgan fingerprint density at radius 1 is 1.48 bits per heavy atom. The number of benzene rings is 1. The van der Waals surface area contributed by atoms with Crippen LogP contribution in [-0.2, 0) is 37.5 Å². The van der Waals surface area contributed by atoms with Gasteiger partial charge >= 0.3 is 0 Å². The minimum absolute atomic E-state index is 0. The molecular formula is C16H15BrF2NO2Y-. The van der Waals surface area contributed by atoms with Crippen LogP contribution in [-0.4, -0.2) is 30.4 Å². The molecule has 0 saturated heterocycles. The summed E-state index contributed by atoms with van der Waals surface area (Å²) in [6.45, 7) is 3.32. The van der Waals surface area contributed by atoms with Crippen LogP contribution in [0.5, 0.6) is 5.75 Å². The molecule has 1 amide bonds. The summed E-state index contributed by atoms with van der Waals surface area (Å²) >= 11 is 3.40. The third-order valence-corrected chi connectivity index (χ3v) is 3.74. The maximum Gasteiger partial charge on any atom is 0.256 e. The molecule has 1 radical (unpaired) electrons. The molecular weight excluding hydrogens is 445 g/mol. The Morgan fingerprint density at radius 3 is 2.83 bits per heavy atom. The van der Waals surface area contributed by atoms with Gasteiger partial charge in [0.05, 0.1) is 6.54 Å². The molecule has 7 heteroatoms. The van der Waals surface area contributed by atoms with Gasteiger partial charge in [-0.15, -0.1) is 23.7 Å². The maximum absolute atomic E-state index is 12.7. The molecule has 121 valence electrons. The maximum atomic E-state index is 12.7. The van der Waals surface area contributed by atoms with Gasteiger partial charge in [0.2, 0.25) is 5.91 Å². The van der Waals surface area contributed by atoms with Gasteiger partial charge in [0, 0.05) is 39.1 Å². The molecule has 0 aromatic heterocycles. The summed E-state index contributed by atoms with van der Waals surface area (Å²) in [5.74, 6) is 0.312. The first-order valence-corrected chi connectivity index (χ1v) is 7.55. The molecule has 0 bridgehead atoms. The van der Waals surface area contributed by atoms with E-state index in [0.717, 1.165) is 4.90 Å². The van der Waals surface area contributed by atoms with Crippen LogP contribution in [0.15, 0.2) is 35.3 Å². The number of rotatable bonds is 6. The van der Waals surface area contributed by atoms with E-state index in [2.05, 4.69) is 28.6 Å². The zero-order chi connectivity index (χ0) is 16.1. The molecule has 0 saturated carbocycles.